The highest BCUT2D eigenvalue weighted by atomic mass is 16.8. The Bertz CT molecular complexity index is 1590. The third-order valence-electron chi connectivity index (χ3n) is 13.6. The third-order valence-corrected chi connectivity index (χ3v) is 13.6. The van der Waals surface area contributed by atoms with Crippen molar-refractivity contribution in [1.82, 2.24) is 5.32 Å². The molecule has 3 saturated heterocycles. The van der Waals surface area contributed by atoms with Gasteiger partial charge in [0.2, 0.25) is 5.91 Å². The average molecular weight is 1060 g/mol. The van der Waals surface area contributed by atoms with Crippen LogP contribution in [-0.4, -0.2) is 193 Å². The first-order chi connectivity index (χ1) is 35.8. The second-order valence-corrected chi connectivity index (χ2v) is 19.7. The van der Waals surface area contributed by atoms with Crippen LogP contribution in [0.5, 0.6) is 0 Å². The largest absolute Gasteiger partial charge is 0.394 e. The Morgan fingerprint density at radius 1 is 0.500 bits per heavy atom. The van der Waals surface area contributed by atoms with Gasteiger partial charge in [0.25, 0.3) is 0 Å². The Hall–Kier alpha value is -2.51. The molecule has 0 aromatic rings. The van der Waals surface area contributed by atoms with Crippen LogP contribution >= 0.6 is 0 Å². The van der Waals surface area contributed by atoms with Gasteiger partial charge in [-0.2, -0.15) is 0 Å². The molecule has 3 heterocycles. The molecule has 0 aliphatic carbocycles. The number of allylic oxidation sites excluding steroid dienone is 10. The van der Waals surface area contributed by atoms with E-state index in [9.17, 15) is 61.0 Å². The number of hydrogen-bond acceptors (Lipinski definition) is 18. The van der Waals surface area contributed by atoms with Crippen molar-refractivity contribution in [2.24, 2.45) is 0 Å². The maximum absolute atomic E-state index is 13.3. The minimum absolute atomic E-state index is 0.224. The van der Waals surface area contributed by atoms with Gasteiger partial charge in [0.15, 0.2) is 18.9 Å². The molecule has 12 N–H and O–H groups in total. The van der Waals surface area contributed by atoms with Gasteiger partial charge in [-0.1, -0.05) is 145 Å². The monoisotopic (exact) mass is 1060 g/mol. The van der Waals surface area contributed by atoms with Gasteiger partial charge in [0, 0.05) is 6.42 Å². The van der Waals surface area contributed by atoms with Crippen LogP contribution in [0, 0.1) is 0 Å². The number of rotatable bonds is 38. The van der Waals surface area contributed by atoms with Crippen LogP contribution in [0.3, 0.4) is 0 Å². The summed E-state index contributed by atoms with van der Waals surface area (Å²) >= 11 is 0. The molecule has 428 valence electrons. The summed E-state index contributed by atoms with van der Waals surface area (Å²) in [6, 6.07) is -0.905. The third kappa shape index (κ3) is 23.6. The van der Waals surface area contributed by atoms with Crippen molar-refractivity contribution in [3.05, 3.63) is 60.8 Å². The fourth-order valence-corrected chi connectivity index (χ4v) is 9.04. The number of aliphatic hydroxyl groups excluding tert-OH is 11. The number of hydrogen-bond donors (Lipinski definition) is 12. The number of carbonyl (C=O) groups excluding carboxylic acids is 1. The van der Waals surface area contributed by atoms with Crippen LogP contribution in [0.25, 0.3) is 0 Å². The van der Waals surface area contributed by atoms with E-state index in [2.05, 4.69) is 79.9 Å². The lowest BCUT2D eigenvalue weighted by molar-refractivity contribution is -0.379. The molecule has 0 radical (unpaired) electrons. The van der Waals surface area contributed by atoms with Crippen molar-refractivity contribution in [2.75, 3.05) is 26.4 Å². The molecule has 19 nitrogen and oxygen atoms in total. The topological polar surface area (TPSA) is 307 Å². The number of ether oxygens (including phenoxy) is 6. The van der Waals surface area contributed by atoms with Crippen molar-refractivity contribution in [1.29, 1.82) is 0 Å². The summed E-state index contributed by atoms with van der Waals surface area (Å²) in [5, 5.41) is 120. The fourth-order valence-electron chi connectivity index (χ4n) is 9.04. The second kappa shape index (κ2) is 38.9. The van der Waals surface area contributed by atoms with E-state index in [-0.39, 0.29) is 18.9 Å². The predicted molar refractivity (Wildman–Crippen MR) is 277 cm³/mol. The van der Waals surface area contributed by atoms with E-state index in [1.165, 1.54) is 38.5 Å². The van der Waals surface area contributed by atoms with Crippen LogP contribution in [0.2, 0.25) is 0 Å². The Balaban J connectivity index is 1.52. The number of nitrogens with one attached hydrogen (secondary N) is 1. The van der Waals surface area contributed by atoms with E-state index in [0.717, 1.165) is 70.6 Å². The van der Waals surface area contributed by atoms with Gasteiger partial charge in [0.05, 0.1) is 38.6 Å². The molecule has 3 fully saturated rings. The average Bonchev–Trinajstić information content (AvgIpc) is 3.40. The molecular weight excluding hydrogens is 963 g/mol. The molecule has 17 atom stereocenters. The number of unbranched alkanes of at least 4 members (excludes halogenated alkanes) is 12. The lowest BCUT2D eigenvalue weighted by Crippen LogP contribution is -2.66. The first-order valence-corrected chi connectivity index (χ1v) is 27.5. The number of aliphatic hydroxyl groups is 11. The Morgan fingerprint density at radius 3 is 1.45 bits per heavy atom. The Labute approximate surface area is 439 Å². The SMILES string of the molecule is CC/C=C\C/C=C\C/C=C\C/C=C\C/C=C\CCCCCC(=O)NC(COC1OC(CO)C(OC2OC(CO)C(OC3OC(CO)C(O)C(O)C3O)C(O)C2O)C(O)C1O)C(O)CCCCCCCCCCCC. The van der Waals surface area contributed by atoms with Crippen molar-refractivity contribution >= 4 is 5.91 Å². The normalized spacial score (nSPS) is 31.9. The van der Waals surface area contributed by atoms with Gasteiger partial charge < -0.3 is 89.9 Å². The lowest BCUT2D eigenvalue weighted by atomic mass is 9.96. The standard InChI is InChI=1S/C55H95NO18/c1-3-5-7-9-11-13-15-16-17-18-19-20-21-22-23-25-27-29-31-33-43(61)56-38(39(60)32-30-28-26-24-14-12-10-8-6-4-2)37-69-53-49(67)46(64)51(41(35-58)71-53)74-55-50(68)47(65)52(42(36-59)72-55)73-54-48(66)45(63)44(62)40(34-57)70-54/h5,7,11,13,16-17,19-20,22-23,38-42,44-55,57-60,62-68H,3-4,6,8-10,12,14-15,18,21,24-37H2,1-2H3,(H,56,61)/b7-5-,13-11-,17-16-,20-19-,23-22-. The quantitative estimate of drug-likeness (QED) is 0.0312. The van der Waals surface area contributed by atoms with Crippen molar-refractivity contribution in [3.63, 3.8) is 0 Å². The first kappa shape index (κ1) is 65.8. The molecule has 74 heavy (non-hydrogen) atoms. The van der Waals surface area contributed by atoms with Crippen LogP contribution in [0.1, 0.15) is 149 Å². The highest BCUT2D eigenvalue weighted by molar-refractivity contribution is 5.76. The van der Waals surface area contributed by atoms with Crippen LogP contribution < -0.4 is 5.32 Å². The van der Waals surface area contributed by atoms with E-state index in [1.54, 1.807) is 0 Å². The summed E-state index contributed by atoms with van der Waals surface area (Å²) in [7, 11) is 0. The van der Waals surface area contributed by atoms with Gasteiger partial charge >= 0.3 is 0 Å². The molecule has 3 aliphatic rings. The number of amides is 1. The fraction of sp³-hybridized carbons (Fsp3) is 0.800. The Kier molecular flexibility index (Phi) is 34.6. The molecule has 0 spiro atoms. The van der Waals surface area contributed by atoms with Crippen molar-refractivity contribution < 1.29 is 89.4 Å². The smallest absolute Gasteiger partial charge is 0.220 e. The van der Waals surface area contributed by atoms with Gasteiger partial charge in [-0.25, -0.2) is 0 Å². The van der Waals surface area contributed by atoms with Crippen molar-refractivity contribution in [2.45, 2.75) is 253 Å². The molecule has 19 heteroatoms. The molecule has 0 aromatic carbocycles. The minimum Gasteiger partial charge on any atom is -0.394 e. The molecule has 17 unspecified atom stereocenters. The van der Waals surface area contributed by atoms with Crippen LogP contribution in [0.4, 0.5) is 0 Å². The molecule has 3 aliphatic heterocycles. The predicted octanol–water partition coefficient (Wildman–Crippen LogP) is 3.31. The summed E-state index contributed by atoms with van der Waals surface area (Å²) in [5.41, 5.74) is 0. The van der Waals surface area contributed by atoms with E-state index >= 15 is 0 Å². The van der Waals surface area contributed by atoms with E-state index in [4.69, 9.17) is 28.4 Å². The maximum atomic E-state index is 13.3. The van der Waals surface area contributed by atoms with Gasteiger partial charge in [-0.15, -0.1) is 0 Å². The first-order valence-electron chi connectivity index (χ1n) is 27.5. The molecular formula is C55H95NO18. The van der Waals surface area contributed by atoms with Crippen LogP contribution in [0.15, 0.2) is 60.8 Å². The summed E-state index contributed by atoms with van der Waals surface area (Å²) in [5.74, 6) is -0.280. The van der Waals surface area contributed by atoms with E-state index in [1.807, 2.05) is 0 Å². The van der Waals surface area contributed by atoms with Gasteiger partial charge in [0.1, 0.15) is 73.2 Å². The number of carbonyl (C=O) groups is 1. The maximum Gasteiger partial charge on any atom is 0.220 e. The summed E-state index contributed by atoms with van der Waals surface area (Å²) in [6.07, 6.45) is 14.7. The zero-order valence-corrected chi connectivity index (χ0v) is 44.0. The highest BCUT2D eigenvalue weighted by Gasteiger charge is 2.53. The molecule has 0 saturated carbocycles. The minimum atomic E-state index is -1.98. The van der Waals surface area contributed by atoms with Crippen molar-refractivity contribution in [3.8, 4) is 0 Å². The zero-order chi connectivity index (χ0) is 54.1. The molecule has 3 rings (SSSR count). The molecule has 1 amide bonds. The lowest BCUT2D eigenvalue weighted by Gasteiger charge is -2.48. The van der Waals surface area contributed by atoms with E-state index < -0.39 is 124 Å². The zero-order valence-electron chi connectivity index (χ0n) is 44.0. The molecule has 0 bridgehead atoms. The summed E-state index contributed by atoms with van der Waals surface area (Å²) in [6.45, 7) is 1.59. The highest BCUT2D eigenvalue weighted by Crippen LogP contribution is 2.33. The Morgan fingerprint density at radius 2 is 0.932 bits per heavy atom. The van der Waals surface area contributed by atoms with Crippen LogP contribution in [-0.2, 0) is 33.2 Å². The van der Waals surface area contributed by atoms with Gasteiger partial charge in [-0.3, -0.25) is 4.79 Å². The van der Waals surface area contributed by atoms with Gasteiger partial charge in [-0.05, 0) is 57.8 Å². The summed E-state index contributed by atoms with van der Waals surface area (Å²) < 4.78 is 34.2. The second-order valence-electron chi connectivity index (χ2n) is 19.7. The molecule has 0 aromatic heterocycles. The van der Waals surface area contributed by atoms with E-state index in [0.29, 0.717) is 19.3 Å². The summed E-state index contributed by atoms with van der Waals surface area (Å²) in [4.78, 5) is 13.3.